The Hall–Kier alpha value is -1.29. The Morgan fingerprint density at radius 1 is 1.33 bits per heavy atom. The molecule has 0 bridgehead atoms. The van der Waals surface area contributed by atoms with E-state index >= 15 is 0 Å². The number of pyridine rings is 1. The van der Waals surface area contributed by atoms with Gasteiger partial charge in [0.15, 0.2) is 0 Å². The van der Waals surface area contributed by atoms with E-state index in [1.807, 2.05) is 0 Å². The molecular formula is C10H12ClNO3. The maximum Gasteiger partial charge on any atom is 0.341 e. The van der Waals surface area contributed by atoms with Gasteiger partial charge in [-0.25, -0.2) is 4.79 Å². The van der Waals surface area contributed by atoms with Gasteiger partial charge >= 0.3 is 5.97 Å². The highest BCUT2D eigenvalue weighted by molar-refractivity contribution is 6.32. The summed E-state index contributed by atoms with van der Waals surface area (Å²) in [5.74, 6) is -0.531. The van der Waals surface area contributed by atoms with Crippen LogP contribution < -0.4 is 5.56 Å². The van der Waals surface area contributed by atoms with Crippen molar-refractivity contribution in [3.63, 3.8) is 0 Å². The summed E-state index contributed by atoms with van der Waals surface area (Å²) in [6, 6.07) is 0. The zero-order chi connectivity index (χ0) is 11.7. The summed E-state index contributed by atoms with van der Waals surface area (Å²) < 4.78 is 5.84. The van der Waals surface area contributed by atoms with E-state index in [0.717, 1.165) is 0 Å². The number of carbonyl (C=O) groups is 1. The number of aromatic nitrogens is 1. The molecule has 0 spiro atoms. The van der Waals surface area contributed by atoms with Crippen molar-refractivity contribution in [2.75, 3.05) is 7.11 Å². The number of esters is 1. The third-order valence-corrected chi connectivity index (χ3v) is 2.90. The van der Waals surface area contributed by atoms with Crippen molar-refractivity contribution in [2.24, 2.45) is 7.05 Å². The number of methoxy groups -OCH3 is 1. The van der Waals surface area contributed by atoms with Crippen LogP contribution in [0.4, 0.5) is 0 Å². The number of rotatable bonds is 1. The average molecular weight is 230 g/mol. The lowest BCUT2D eigenvalue weighted by Gasteiger charge is -2.12. The van der Waals surface area contributed by atoms with Crippen LogP contribution in [0.5, 0.6) is 0 Å². The largest absolute Gasteiger partial charge is 0.465 e. The van der Waals surface area contributed by atoms with Gasteiger partial charge in [0.2, 0.25) is 0 Å². The van der Waals surface area contributed by atoms with Crippen molar-refractivity contribution in [2.45, 2.75) is 13.8 Å². The number of carbonyl (C=O) groups excluding carboxylic acids is 1. The van der Waals surface area contributed by atoms with Crippen LogP contribution in [0.25, 0.3) is 0 Å². The summed E-state index contributed by atoms with van der Waals surface area (Å²) in [5, 5.41) is 0.106. The van der Waals surface area contributed by atoms with Gasteiger partial charge in [-0.15, -0.1) is 0 Å². The third kappa shape index (κ3) is 1.77. The minimum atomic E-state index is -0.531. The highest BCUT2D eigenvalue weighted by Crippen LogP contribution is 2.20. The van der Waals surface area contributed by atoms with E-state index in [4.69, 9.17) is 11.6 Å². The Balaban J connectivity index is 3.67. The number of nitrogens with zero attached hydrogens (tertiary/aromatic N) is 1. The van der Waals surface area contributed by atoms with Crippen molar-refractivity contribution in [1.82, 2.24) is 4.57 Å². The second-order valence-electron chi connectivity index (χ2n) is 3.27. The molecule has 0 aliphatic rings. The van der Waals surface area contributed by atoms with E-state index in [1.54, 1.807) is 13.8 Å². The number of ether oxygens (including phenoxy) is 1. The first-order chi connectivity index (χ1) is 6.91. The normalized spacial score (nSPS) is 10.2. The van der Waals surface area contributed by atoms with Gasteiger partial charge in [-0.1, -0.05) is 11.6 Å². The predicted octanol–water partition coefficient (Wildman–Crippen LogP) is 1.44. The molecule has 0 radical (unpaired) electrons. The first-order valence-electron chi connectivity index (χ1n) is 4.35. The van der Waals surface area contributed by atoms with Gasteiger partial charge in [0.05, 0.1) is 12.7 Å². The zero-order valence-electron chi connectivity index (χ0n) is 9.05. The molecule has 1 aromatic heterocycles. The lowest BCUT2D eigenvalue weighted by atomic mass is 10.1. The molecule has 0 saturated carbocycles. The molecule has 0 aliphatic heterocycles. The SMILES string of the molecule is COC(=O)c1c(C)c(C)c(=O)n(C)c1Cl. The van der Waals surface area contributed by atoms with E-state index in [1.165, 1.54) is 18.7 Å². The second kappa shape index (κ2) is 4.06. The molecule has 0 fully saturated rings. The maximum atomic E-state index is 11.6. The molecule has 0 unspecified atom stereocenters. The molecule has 82 valence electrons. The molecule has 0 aliphatic carbocycles. The van der Waals surface area contributed by atoms with E-state index in [9.17, 15) is 9.59 Å². The summed E-state index contributed by atoms with van der Waals surface area (Å²) >= 11 is 5.91. The fourth-order valence-electron chi connectivity index (χ4n) is 1.35. The molecule has 0 amide bonds. The first kappa shape index (κ1) is 11.8. The van der Waals surface area contributed by atoms with Crippen LogP contribution in [0.1, 0.15) is 21.5 Å². The molecule has 0 N–H and O–H groups in total. The Bertz CT molecular complexity index is 444. The molecule has 5 heteroatoms. The molecule has 4 nitrogen and oxygen atoms in total. The standard InChI is InChI=1S/C10H12ClNO3/c1-5-6(2)9(13)12(3)8(11)7(5)10(14)15-4/h1-4H3. The molecule has 1 heterocycles. The molecule has 15 heavy (non-hydrogen) atoms. The van der Waals surface area contributed by atoms with Gasteiger partial charge < -0.3 is 9.30 Å². The molecule has 0 aromatic carbocycles. The third-order valence-electron chi connectivity index (χ3n) is 2.45. The quantitative estimate of drug-likeness (QED) is 0.541. The van der Waals surface area contributed by atoms with E-state index in [-0.39, 0.29) is 16.3 Å². The zero-order valence-corrected chi connectivity index (χ0v) is 9.81. The van der Waals surface area contributed by atoms with Gasteiger partial charge in [-0.2, -0.15) is 0 Å². The second-order valence-corrected chi connectivity index (χ2v) is 3.63. The van der Waals surface area contributed by atoms with Crippen molar-refractivity contribution < 1.29 is 9.53 Å². The molecular weight excluding hydrogens is 218 g/mol. The van der Waals surface area contributed by atoms with Crippen LogP contribution in [-0.2, 0) is 11.8 Å². The number of hydrogen-bond acceptors (Lipinski definition) is 3. The van der Waals surface area contributed by atoms with Crippen molar-refractivity contribution in [3.05, 3.63) is 32.2 Å². The topological polar surface area (TPSA) is 48.3 Å². The molecule has 1 rings (SSSR count). The van der Waals surface area contributed by atoms with Crippen molar-refractivity contribution >= 4 is 17.6 Å². The fraction of sp³-hybridized carbons (Fsp3) is 0.400. The maximum absolute atomic E-state index is 11.6. The Morgan fingerprint density at radius 2 is 1.87 bits per heavy atom. The highest BCUT2D eigenvalue weighted by atomic mass is 35.5. The summed E-state index contributed by atoms with van der Waals surface area (Å²) in [6.45, 7) is 3.33. The van der Waals surface area contributed by atoms with Crippen molar-refractivity contribution in [1.29, 1.82) is 0 Å². The van der Waals surface area contributed by atoms with Gasteiger partial charge in [0, 0.05) is 12.6 Å². The van der Waals surface area contributed by atoms with E-state index in [2.05, 4.69) is 4.74 Å². The van der Waals surface area contributed by atoms with E-state index in [0.29, 0.717) is 11.1 Å². The summed E-state index contributed by atoms with van der Waals surface area (Å²) in [7, 11) is 2.79. The number of hydrogen-bond donors (Lipinski definition) is 0. The monoisotopic (exact) mass is 229 g/mol. The van der Waals surface area contributed by atoms with Crippen LogP contribution in [-0.4, -0.2) is 17.6 Å². The Morgan fingerprint density at radius 3 is 2.33 bits per heavy atom. The smallest absolute Gasteiger partial charge is 0.341 e. The van der Waals surface area contributed by atoms with Gasteiger partial charge in [-0.05, 0) is 19.4 Å². The van der Waals surface area contributed by atoms with Crippen LogP contribution in [0.15, 0.2) is 4.79 Å². The predicted molar refractivity (Wildman–Crippen MR) is 57.5 cm³/mol. The fourth-order valence-corrected chi connectivity index (χ4v) is 1.65. The molecule has 0 saturated heterocycles. The van der Waals surface area contributed by atoms with Crippen LogP contribution >= 0.6 is 11.6 Å². The van der Waals surface area contributed by atoms with Gasteiger partial charge in [0.25, 0.3) is 5.56 Å². The van der Waals surface area contributed by atoms with Gasteiger partial charge in [0.1, 0.15) is 5.15 Å². The minimum absolute atomic E-state index is 0.106. The van der Waals surface area contributed by atoms with Crippen LogP contribution in [0.3, 0.4) is 0 Å². The molecule has 0 atom stereocenters. The Labute approximate surface area is 92.4 Å². The van der Waals surface area contributed by atoms with Crippen LogP contribution in [0, 0.1) is 13.8 Å². The minimum Gasteiger partial charge on any atom is -0.465 e. The Kier molecular flexibility index (Phi) is 3.19. The van der Waals surface area contributed by atoms with Crippen molar-refractivity contribution in [3.8, 4) is 0 Å². The lowest BCUT2D eigenvalue weighted by Crippen LogP contribution is -2.24. The number of halogens is 1. The first-order valence-corrected chi connectivity index (χ1v) is 4.73. The summed E-state index contributed by atoms with van der Waals surface area (Å²) in [6.07, 6.45) is 0. The van der Waals surface area contributed by atoms with Gasteiger partial charge in [-0.3, -0.25) is 4.79 Å². The van der Waals surface area contributed by atoms with Crippen LogP contribution in [0.2, 0.25) is 5.15 Å². The van der Waals surface area contributed by atoms with E-state index < -0.39 is 5.97 Å². The average Bonchev–Trinajstić information content (AvgIpc) is 2.23. The summed E-state index contributed by atoms with van der Waals surface area (Å²) in [4.78, 5) is 23.0. The highest BCUT2D eigenvalue weighted by Gasteiger charge is 2.19. The lowest BCUT2D eigenvalue weighted by molar-refractivity contribution is 0.0599. The molecule has 1 aromatic rings. The summed E-state index contributed by atoms with van der Waals surface area (Å²) in [5.41, 5.74) is 1.11.